The summed E-state index contributed by atoms with van der Waals surface area (Å²) in [5.74, 6) is 0. The van der Waals surface area contributed by atoms with E-state index in [4.69, 9.17) is 5.73 Å². The van der Waals surface area contributed by atoms with Gasteiger partial charge in [-0.25, -0.2) is 0 Å². The van der Waals surface area contributed by atoms with Crippen molar-refractivity contribution in [2.45, 2.75) is 44.4 Å². The van der Waals surface area contributed by atoms with Gasteiger partial charge in [0, 0.05) is 18.3 Å². The average molecular weight is 258 g/mol. The Bertz CT molecular complexity index is 409. The van der Waals surface area contributed by atoms with Crippen LogP contribution in [0.15, 0.2) is 18.2 Å². The molecule has 0 spiro atoms. The van der Waals surface area contributed by atoms with Gasteiger partial charge in [0.15, 0.2) is 0 Å². The summed E-state index contributed by atoms with van der Waals surface area (Å²) >= 11 is 0. The third-order valence-corrected chi connectivity index (χ3v) is 3.36. The van der Waals surface area contributed by atoms with Crippen LogP contribution in [0.5, 0.6) is 0 Å². The Hall–Kier alpha value is -1.23. The maximum absolute atomic E-state index is 12.7. The molecule has 0 aromatic heterocycles. The van der Waals surface area contributed by atoms with E-state index in [0.717, 1.165) is 24.6 Å². The maximum Gasteiger partial charge on any atom is 0.416 e. The van der Waals surface area contributed by atoms with E-state index in [9.17, 15) is 13.2 Å². The monoisotopic (exact) mass is 258 g/mol. The Morgan fingerprint density at radius 2 is 1.89 bits per heavy atom. The molecule has 1 aromatic rings. The van der Waals surface area contributed by atoms with E-state index in [2.05, 4.69) is 5.32 Å². The van der Waals surface area contributed by atoms with E-state index in [1.54, 1.807) is 0 Å². The molecule has 0 atom stereocenters. The number of nitrogens with two attached hydrogens (primary N) is 1. The highest BCUT2D eigenvalue weighted by atomic mass is 19.4. The first-order chi connectivity index (χ1) is 8.50. The predicted octanol–water partition coefficient (Wildman–Crippen LogP) is 3.52. The molecule has 100 valence electrons. The van der Waals surface area contributed by atoms with Crippen molar-refractivity contribution < 1.29 is 13.2 Å². The number of hydrogen-bond donors (Lipinski definition) is 2. The molecule has 1 aliphatic rings. The molecular formula is C13H17F3N2. The number of rotatable bonds is 3. The highest BCUT2D eigenvalue weighted by Gasteiger charge is 2.33. The van der Waals surface area contributed by atoms with Crippen LogP contribution in [-0.4, -0.2) is 6.04 Å². The van der Waals surface area contributed by atoms with E-state index < -0.39 is 11.7 Å². The predicted molar refractivity (Wildman–Crippen MR) is 65.2 cm³/mol. The van der Waals surface area contributed by atoms with Gasteiger partial charge in [-0.2, -0.15) is 13.2 Å². The molecular weight excluding hydrogens is 241 g/mol. The van der Waals surface area contributed by atoms with Crippen LogP contribution in [0, 0.1) is 0 Å². The topological polar surface area (TPSA) is 38.0 Å². The van der Waals surface area contributed by atoms with Crippen molar-refractivity contribution in [3.63, 3.8) is 0 Å². The van der Waals surface area contributed by atoms with E-state index in [1.807, 2.05) is 0 Å². The van der Waals surface area contributed by atoms with Gasteiger partial charge in [-0.15, -0.1) is 0 Å². The molecule has 0 heterocycles. The van der Waals surface area contributed by atoms with Crippen LogP contribution < -0.4 is 11.1 Å². The van der Waals surface area contributed by atoms with E-state index in [-0.39, 0.29) is 12.1 Å². The normalized spacial score (nSPS) is 17.1. The Labute approximate surface area is 104 Å². The van der Waals surface area contributed by atoms with Crippen LogP contribution >= 0.6 is 0 Å². The van der Waals surface area contributed by atoms with Crippen LogP contribution in [0.2, 0.25) is 0 Å². The highest BCUT2D eigenvalue weighted by Crippen LogP contribution is 2.33. The molecule has 5 heteroatoms. The summed E-state index contributed by atoms with van der Waals surface area (Å²) in [5.41, 5.74) is 5.64. The molecule has 1 aliphatic carbocycles. The molecule has 1 fully saturated rings. The zero-order valence-corrected chi connectivity index (χ0v) is 10.1. The van der Waals surface area contributed by atoms with E-state index in [1.165, 1.54) is 25.0 Å². The van der Waals surface area contributed by atoms with Crippen LogP contribution in [0.4, 0.5) is 18.9 Å². The van der Waals surface area contributed by atoms with Crippen molar-refractivity contribution in [3.8, 4) is 0 Å². The molecule has 0 saturated heterocycles. The number of nitrogens with one attached hydrogen (secondary N) is 1. The molecule has 0 amide bonds. The summed E-state index contributed by atoms with van der Waals surface area (Å²) in [4.78, 5) is 0. The zero-order valence-electron chi connectivity index (χ0n) is 10.1. The maximum atomic E-state index is 12.7. The van der Waals surface area contributed by atoms with Crippen molar-refractivity contribution in [3.05, 3.63) is 29.3 Å². The summed E-state index contributed by atoms with van der Waals surface area (Å²) in [6, 6.07) is 4.49. The average Bonchev–Trinajstić information content (AvgIpc) is 2.80. The number of alkyl halides is 3. The molecule has 0 aliphatic heterocycles. The second-order valence-corrected chi connectivity index (χ2v) is 4.70. The van der Waals surface area contributed by atoms with Gasteiger partial charge in [0.1, 0.15) is 0 Å². The largest absolute Gasteiger partial charge is 0.416 e. The molecule has 0 unspecified atom stereocenters. The minimum Gasteiger partial charge on any atom is -0.382 e. The Kier molecular flexibility index (Phi) is 3.80. The lowest BCUT2D eigenvalue weighted by molar-refractivity contribution is -0.138. The molecule has 2 nitrogen and oxygen atoms in total. The van der Waals surface area contributed by atoms with Gasteiger partial charge < -0.3 is 11.1 Å². The van der Waals surface area contributed by atoms with Crippen molar-refractivity contribution >= 4 is 5.69 Å². The minimum atomic E-state index is -4.33. The quantitative estimate of drug-likeness (QED) is 0.870. The Morgan fingerprint density at radius 1 is 1.22 bits per heavy atom. The van der Waals surface area contributed by atoms with Gasteiger partial charge in [0.05, 0.1) is 5.56 Å². The van der Waals surface area contributed by atoms with Gasteiger partial charge in [-0.1, -0.05) is 12.8 Å². The Balaban J connectivity index is 2.18. The minimum absolute atomic E-state index is 0.102. The number of halogens is 3. The van der Waals surface area contributed by atoms with Crippen LogP contribution in [0.1, 0.15) is 36.8 Å². The van der Waals surface area contributed by atoms with Crippen LogP contribution in [-0.2, 0) is 12.7 Å². The molecule has 2 rings (SSSR count). The van der Waals surface area contributed by atoms with Gasteiger partial charge in [-0.05, 0) is 36.6 Å². The van der Waals surface area contributed by atoms with Gasteiger partial charge in [0.2, 0.25) is 0 Å². The fraction of sp³-hybridized carbons (Fsp3) is 0.538. The fourth-order valence-electron chi connectivity index (χ4n) is 2.43. The standard InChI is InChI=1S/C13H17F3N2/c14-13(15,16)12-6-5-11(7-9(12)8-17)18-10-3-1-2-4-10/h5-7,10,18H,1-4,8,17H2. The van der Waals surface area contributed by atoms with Crippen LogP contribution in [0.3, 0.4) is 0 Å². The second-order valence-electron chi connectivity index (χ2n) is 4.70. The smallest absolute Gasteiger partial charge is 0.382 e. The van der Waals surface area contributed by atoms with Gasteiger partial charge in [0.25, 0.3) is 0 Å². The van der Waals surface area contributed by atoms with Crippen molar-refractivity contribution in [2.75, 3.05) is 5.32 Å². The second kappa shape index (κ2) is 5.18. The molecule has 3 N–H and O–H groups in total. The zero-order chi connectivity index (χ0) is 13.2. The summed E-state index contributed by atoms with van der Waals surface area (Å²) in [5, 5.41) is 3.27. The van der Waals surface area contributed by atoms with Gasteiger partial charge >= 0.3 is 6.18 Å². The van der Waals surface area contributed by atoms with E-state index in [0.29, 0.717) is 6.04 Å². The first kappa shape index (κ1) is 13.2. The molecule has 0 bridgehead atoms. The lowest BCUT2D eigenvalue weighted by Crippen LogP contribution is -2.16. The Morgan fingerprint density at radius 3 is 2.44 bits per heavy atom. The van der Waals surface area contributed by atoms with Crippen LogP contribution in [0.25, 0.3) is 0 Å². The molecule has 18 heavy (non-hydrogen) atoms. The summed E-state index contributed by atoms with van der Waals surface area (Å²) < 4.78 is 38.1. The highest BCUT2D eigenvalue weighted by molar-refractivity contribution is 5.50. The van der Waals surface area contributed by atoms with Crippen molar-refractivity contribution in [1.29, 1.82) is 0 Å². The van der Waals surface area contributed by atoms with Crippen molar-refractivity contribution in [1.82, 2.24) is 0 Å². The number of benzene rings is 1. The number of hydrogen-bond acceptors (Lipinski definition) is 2. The van der Waals surface area contributed by atoms with Gasteiger partial charge in [-0.3, -0.25) is 0 Å². The van der Waals surface area contributed by atoms with Crippen molar-refractivity contribution in [2.24, 2.45) is 5.73 Å². The SMILES string of the molecule is NCc1cc(NC2CCCC2)ccc1C(F)(F)F. The molecule has 1 saturated carbocycles. The summed E-state index contributed by atoms with van der Waals surface area (Å²) in [7, 11) is 0. The lowest BCUT2D eigenvalue weighted by Gasteiger charge is -2.17. The summed E-state index contributed by atoms with van der Waals surface area (Å²) in [6.07, 6.45) is 0.197. The lowest BCUT2D eigenvalue weighted by atomic mass is 10.1. The number of anilines is 1. The molecule has 1 aromatic carbocycles. The fourth-order valence-corrected chi connectivity index (χ4v) is 2.43. The molecule has 0 radical (unpaired) electrons. The summed E-state index contributed by atoms with van der Waals surface area (Å²) in [6.45, 7) is -0.102. The third-order valence-electron chi connectivity index (χ3n) is 3.36. The third kappa shape index (κ3) is 2.96. The first-order valence-corrected chi connectivity index (χ1v) is 6.17. The van der Waals surface area contributed by atoms with E-state index >= 15 is 0 Å². The first-order valence-electron chi connectivity index (χ1n) is 6.17.